The van der Waals surface area contributed by atoms with Crippen LogP contribution in [0.5, 0.6) is 0 Å². The van der Waals surface area contributed by atoms with E-state index in [0.29, 0.717) is 17.9 Å². The lowest BCUT2D eigenvalue weighted by atomic mass is 10.1. The van der Waals surface area contributed by atoms with Gasteiger partial charge in [0.1, 0.15) is 0 Å². The highest BCUT2D eigenvalue weighted by atomic mass is 16.4. The van der Waals surface area contributed by atoms with Crippen LogP contribution in [0.2, 0.25) is 0 Å². The third kappa shape index (κ3) is 1.68. The van der Waals surface area contributed by atoms with Crippen LogP contribution in [0.1, 0.15) is 18.2 Å². The van der Waals surface area contributed by atoms with Crippen LogP contribution in [0.3, 0.4) is 0 Å². The zero-order valence-corrected chi connectivity index (χ0v) is 8.57. The predicted molar refractivity (Wildman–Crippen MR) is 54.5 cm³/mol. The van der Waals surface area contributed by atoms with Crippen molar-refractivity contribution in [3.05, 3.63) is 34.1 Å². The topological polar surface area (TPSA) is 71.8 Å². The number of hydrogen-bond acceptors (Lipinski definition) is 4. The van der Waals surface area contributed by atoms with E-state index in [4.69, 9.17) is 4.42 Å². The number of aryl methyl sites for hydroxylation is 2. The molecule has 0 atom stereocenters. The van der Waals surface area contributed by atoms with Gasteiger partial charge in [-0.05, 0) is 19.4 Å². The Morgan fingerprint density at radius 2 is 2.33 bits per heavy atom. The fourth-order valence-electron chi connectivity index (χ4n) is 1.44. The molecule has 0 fully saturated rings. The van der Waals surface area contributed by atoms with E-state index in [1.807, 2.05) is 6.92 Å². The largest absolute Gasteiger partial charge is 0.423 e. The van der Waals surface area contributed by atoms with Crippen LogP contribution in [0.15, 0.2) is 21.7 Å². The van der Waals surface area contributed by atoms with Crippen molar-refractivity contribution >= 4 is 0 Å². The normalized spacial score (nSPS) is 10.5. The molecule has 2 aromatic rings. The third-order valence-electron chi connectivity index (χ3n) is 2.29. The van der Waals surface area contributed by atoms with Gasteiger partial charge in [-0.15, -0.1) is 10.2 Å². The van der Waals surface area contributed by atoms with Gasteiger partial charge in [0, 0.05) is 11.3 Å². The minimum absolute atomic E-state index is 0.0572. The summed E-state index contributed by atoms with van der Waals surface area (Å²) in [5.41, 5.74) is 2.18. The minimum Gasteiger partial charge on any atom is -0.423 e. The molecule has 0 spiro atoms. The third-order valence-corrected chi connectivity index (χ3v) is 2.29. The van der Waals surface area contributed by atoms with Gasteiger partial charge >= 0.3 is 0 Å². The molecule has 5 heteroatoms. The Morgan fingerprint density at radius 1 is 1.53 bits per heavy atom. The Kier molecular flexibility index (Phi) is 2.37. The number of aromatic amines is 1. The summed E-state index contributed by atoms with van der Waals surface area (Å²) in [4.78, 5) is 14.2. The SMILES string of the molecule is CCc1cc(-c2nnco2)c(C)[nH]c1=O. The Balaban J connectivity index is 2.62. The molecule has 2 aromatic heterocycles. The zero-order valence-electron chi connectivity index (χ0n) is 8.57. The molecule has 0 aliphatic rings. The second-order valence-corrected chi connectivity index (χ2v) is 3.26. The van der Waals surface area contributed by atoms with Crippen LogP contribution in [0, 0.1) is 6.92 Å². The molecule has 0 aliphatic heterocycles. The Bertz CT molecular complexity index is 514. The van der Waals surface area contributed by atoms with Crippen LogP contribution in [-0.4, -0.2) is 15.2 Å². The molecule has 0 bridgehead atoms. The second kappa shape index (κ2) is 3.68. The highest BCUT2D eigenvalue weighted by Gasteiger charge is 2.10. The van der Waals surface area contributed by atoms with E-state index in [0.717, 1.165) is 11.3 Å². The number of rotatable bonds is 2. The molecular weight excluding hydrogens is 194 g/mol. The van der Waals surface area contributed by atoms with Gasteiger partial charge < -0.3 is 9.40 Å². The maximum absolute atomic E-state index is 11.5. The first-order valence-corrected chi connectivity index (χ1v) is 4.71. The smallest absolute Gasteiger partial charge is 0.251 e. The monoisotopic (exact) mass is 205 g/mol. The van der Waals surface area contributed by atoms with Crippen LogP contribution in [-0.2, 0) is 6.42 Å². The van der Waals surface area contributed by atoms with E-state index in [9.17, 15) is 4.79 Å². The first-order chi connectivity index (χ1) is 7.22. The van der Waals surface area contributed by atoms with Gasteiger partial charge in [0.25, 0.3) is 5.56 Å². The summed E-state index contributed by atoms with van der Waals surface area (Å²) in [5, 5.41) is 7.42. The van der Waals surface area contributed by atoms with Crippen LogP contribution >= 0.6 is 0 Å². The number of hydrogen-bond donors (Lipinski definition) is 1. The van der Waals surface area contributed by atoms with E-state index in [1.165, 1.54) is 6.39 Å². The van der Waals surface area contributed by atoms with Crippen molar-refractivity contribution in [1.29, 1.82) is 0 Å². The number of aromatic nitrogens is 3. The van der Waals surface area contributed by atoms with Gasteiger partial charge in [-0.2, -0.15) is 0 Å². The van der Waals surface area contributed by atoms with Gasteiger partial charge in [0.05, 0.1) is 5.56 Å². The minimum atomic E-state index is -0.0572. The number of nitrogens with one attached hydrogen (secondary N) is 1. The fourth-order valence-corrected chi connectivity index (χ4v) is 1.44. The van der Waals surface area contributed by atoms with Gasteiger partial charge in [0.2, 0.25) is 12.3 Å². The van der Waals surface area contributed by atoms with Crippen LogP contribution < -0.4 is 5.56 Å². The standard InChI is InChI=1S/C10H11N3O2/c1-3-7-4-8(6(2)12-9(7)14)10-13-11-5-15-10/h4-5H,3H2,1-2H3,(H,12,14). The fraction of sp³-hybridized carbons (Fsp3) is 0.300. The summed E-state index contributed by atoms with van der Waals surface area (Å²) in [5.74, 6) is 0.429. The summed E-state index contributed by atoms with van der Waals surface area (Å²) in [6.07, 6.45) is 1.95. The lowest BCUT2D eigenvalue weighted by molar-refractivity contribution is 0.567. The number of H-pyrrole nitrogens is 1. The van der Waals surface area contributed by atoms with E-state index in [1.54, 1.807) is 13.0 Å². The molecule has 0 radical (unpaired) electrons. The van der Waals surface area contributed by atoms with Gasteiger partial charge in [-0.25, -0.2) is 0 Å². The highest BCUT2D eigenvalue weighted by Crippen LogP contribution is 2.18. The predicted octanol–water partition coefficient (Wildman–Crippen LogP) is 1.30. The Labute approximate surface area is 86.2 Å². The number of nitrogens with zero attached hydrogens (tertiary/aromatic N) is 2. The van der Waals surface area contributed by atoms with Crippen molar-refractivity contribution in [3.63, 3.8) is 0 Å². The summed E-state index contributed by atoms with van der Waals surface area (Å²) < 4.78 is 5.10. The van der Waals surface area contributed by atoms with Gasteiger partial charge in [-0.3, -0.25) is 4.79 Å². The van der Waals surface area contributed by atoms with Crippen molar-refractivity contribution in [2.45, 2.75) is 20.3 Å². The van der Waals surface area contributed by atoms with E-state index in [-0.39, 0.29) is 5.56 Å². The van der Waals surface area contributed by atoms with Gasteiger partial charge in [0.15, 0.2) is 0 Å². The van der Waals surface area contributed by atoms with Gasteiger partial charge in [-0.1, -0.05) is 6.92 Å². The summed E-state index contributed by atoms with van der Waals surface area (Å²) in [6.45, 7) is 3.73. The average Bonchev–Trinajstić information content (AvgIpc) is 2.71. The molecule has 78 valence electrons. The first kappa shape index (κ1) is 9.64. The molecule has 1 N–H and O–H groups in total. The Morgan fingerprint density at radius 3 is 2.93 bits per heavy atom. The van der Waals surface area contributed by atoms with Crippen molar-refractivity contribution in [1.82, 2.24) is 15.2 Å². The molecule has 0 amide bonds. The van der Waals surface area contributed by atoms with Crippen LogP contribution in [0.25, 0.3) is 11.5 Å². The summed E-state index contributed by atoms with van der Waals surface area (Å²) in [6, 6.07) is 1.79. The van der Waals surface area contributed by atoms with Crippen molar-refractivity contribution in [2.24, 2.45) is 0 Å². The molecular formula is C10H11N3O2. The molecule has 2 rings (SSSR count). The lowest BCUT2D eigenvalue weighted by Crippen LogP contribution is -2.13. The van der Waals surface area contributed by atoms with E-state index >= 15 is 0 Å². The molecule has 5 nitrogen and oxygen atoms in total. The maximum atomic E-state index is 11.5. The lowest BCUT2D eigenvalue weighted by Gasteiger charge is -2.03. The van der Waals surface area contributed by atoms with Crippen molar-refractivity contribution < 1.29 is 4.42 Å². The maximum Gasteiger partial charge on any atom is 0.251 e. The molecule has 0 saturated heterocycles. The Hall–Kier alpha value is -1.91. The van der Waals surface area contributed by atoms with Crippen LogP contribution in [0.4, 0.5) is 0 Å². The molecule has 0 saturated carbocycles. The van der Waals surface area contributed by atoms with Crippen molar-refractivity contribution in [3.8, 4) is 11.5 Å². The quantitative estimate of drug-likeness (QED) is 0.802. The highest BCUT2D eigenvalue weighted by molar-refractivity contribution is 5.56. The zero-order chi connectivity index (χ0) is 10.8. The molecule has 0 aliphatic carbocycles. The first-order valence-electron chi connectivity index (χ1n) is 4.71. The molecule has 2 heterocycles. The van der Waals surface area contributed by atoms with E-state index in [2.05, 4.69) is 15.2 Å². The average molecular weight is 205 g/mol. The summed E-state index contributed by atoms with van der Waals surface area (Å²) >= 11 is 0. The molecule has 0 unspecified atom stereocenters. The molecule has 0 aromatic carbocycles. The number of pyridine rings is 1. The molecule has 15 heavy (non-hydrogen) atoms. The second-order valence-electron chi connectivity index (χ2n) is 3.26. The summed E-state index contributed by atoms with van der Waals surface area (Å²) in [7, 11) is 0. The van der Waals surface area contributed by atoms with Crippen molar-refractivity contribution in [2.75, 3.05) is 0 Å². The van der Waals surface area contributed by atoms with E-state index < -0.39 is 0 Å².